The molecule has 0 bridgehead atoms. The van der Waals surface area contributed by atoms with Gasteiger partial charge in [-0.1, -0.05) is 0 Å². The number of piperazine rings is 1. The lowest BCUT2D eigenvalue weighted by Crippen LogP contribution is -2.44. The fourth-order valence-corrected chi connectivity index (χ4v) is 3.50. The minimum atomic E-state index is -0.215. The summed E-state index contributed by atoms with van der Waals surface area (Å²) in [5.74, 6) is 1.06. The molecule has 3 aromatic rings. The number of ether oxygens (including phenoxy) is 1. The zero-order valence-electron chi connectivity index (χ0n) is 17.0. The van der Waals surface area contributed by atoms with E-state index in [0.29, 0.717) is 17.1 Å². The molecule has 7 heteroatoms. The largest absolute Gasteiger partial charge is 0.497 e. The van der Waals surface area contributed by atoms with Gasteiger partial charge in [0.2, 0.25) is 0 Å². The molecule has 0 spiro atoms. The molecule has 0 aliphatic carbocycles. The third kappa shape index (κ3) is 4.14. The van der Waals surface area contributed by atoms with Gasteiger partial charge in [0.1, 0.15) is 11.6 Å². The van der Waals surface area contributed by atoms with Crippen molar-refractivity contribution in [2.24, 2.45) is 0 Å². The van der Waals surface area contributed by atoms with Gasteiger partial charge in [0, 0.05) is 37.6 Å². The van der Waals surface area contributed by atoms with Gasteiger partial charge in [-0.05, 0) is 44.3 Å². The van der Waals surface area contributed by atoms with Gasteiger partial charge in [-0.3, -0.25) is 9.78 Å². The molecule has 4 rings (SSSR count). The number of fused-ring (bicyclic) bond motifs is 1. The standard InChI is InChI=1S/C22H25N5O2/c1-15-19(12-16-4-6-18(29-3)13-20(16)24-15)22(28)25-21-7-5-17(14-23-21)27-10-8-26(2)9-11-27/h4-7,12-14H,8-11H2,1-3H3,(H,23,25,28). The SMILES string of the molecule is COc1ccc2cc(C(=O)Nc3ccc(N4CCN(C)CC4)cn3)c(C)nc2c1. The van der Waals surface area contributed by atoms with Crippen LogP contribution in [-0.4, -0.2) is 61.1 Å². The van der Waals surface area contributed by atoms with Crippen LogP contribution in [0.15, 0.2) is 42.6 Å². The second kappa shape index (κ2) is 8.05. The molecular weight excluding hydrogens is 366 g/mol. The molecule has 1 N–H and O–H groups in total. The summed E-state index contributed by atoms with van der Waals surface area (Å²) < 4.78 is 5.24. The zero-order chi connectivity index (χ0) is 20.4. The fraction of sp³-hybridized carbons (Fsp3) is 0.318. The van der Waals surface area contributed by atoms with Crippen LogP contribution in [0, 0.1) is 6.92 Å². The molecule has 1 fully saturated rings. The number of amides is 1. The zero-order valence-corrected chi connectivity index (χ0v) is 17.0. The van der Waals surface area contributed by atoms with Crippen molar-refractivity contribution in [2.75, 3.05) is 50.6 Å². The van der Waals surface area contributed by atoms with Gasteiger partial charge in [-0.15, -0.1) is 0 Å². The molecule has 0 radical (unpaired) electrons. The van der Waals surface area contributed by atoms with Crippen molar-refractivity contribution >= 4 is 28.3 Å². The van der Waals surface area contributed by atoms with Gasteiger partial charge in [0.15, 0.2) is 0 Å². The average Bonchev–Trinajstić information content (AvgIpc) is 2.74. The lowest BCUT2D eigenvalue weighted by Gasteiger charge is -2.33. The molecule has 7 nitrogen and oxygen atoms in total. The number of carbonyl (C=O) groups is 1. The summed E-state index contributed by atoms with van der Waals surface area (Å²) in [5.41, 5.74) is 3.08. The third-order valence-corrected chi connectivity index (χ3v) is 5.32. The normalized spacial score (nSPS) is 14.8. The fourth-order valence-electron chi connectivity index (χ4n) is 3.50. The van der Waals surface area contributed by atoms with Gasteiger partial charge in [-0.25, -0.2) is 4.98 Å². The highest BCUT2D eigenvalue weighted by atomic mass is 16.5. The molecule has 150 valence electrons. The van der Waals surface area contributed by atoms with Crippen molar-refractivity contribution in [1.82, 2.24) is 14.9 Å². The van der Waals surface area contributed by atoms with Crippen LogP contribution >= 0.6 is 0 Å². The van der Waals surface area contributed by atoms with Crippen LogP contribution in [0.25, 0.3) is 10.9 Å². The van der Waals surface area contributed by atoms with E-state index in [1.54, 1.807) is 7.11 Å². The van der Waals surface area contributed by atoms with Gasteiger partial charge < -0.3 is 19.9 Å². The van der Waals surface area contributed by atoms with Gasteiger partial charge >= 0.3 is 0 Å². The van der Waals surface area contributed by atoms with Gasteiger partial charge in [-0.2, -0.15) is 0 Å². The molecule has 3 heterocycles. The summed E-state index contributed by atoms with van der Waals surface area (Å²) in [7, 11) is 3.76. The number of aryl methyl sites for hydroxylation is 1. The first kappa shape index (κ1) is 19.1. The summed E-state index contributed by atoms with van der Waals surface area (Å²) in [4.78, 5) is 26.4. The number of hydrogen-bond donors (Lipinski definition) is 1. The minimum absolute atomic E-state index is 0.215. The number of pyridine rings is 2. The Morgan fingerprint density at radius 3 is 2.59 bits per heavy atom. The Balaban J connectivity index is 1.49. The smallest absolute Gasteiger partial charge is 0.258 e. The van der Waals surface area contributed by atoms with Crippen molar-refractivity contribution < 1.29 is 9.53 Å². The Morgan fingerprint density at radius 2 is 1.90 bits per heavy atom. The number of nitrogens with zero attached hydrogens (tertiary/aromatic N) is 4. The van der Waals surface area contributed by atoms with E-state index in [1.165, 1.54) is 0 Å². The first-order chi connectivity index (χ1) is 14.0. The minimum Gasteiger partial charge on any atom is -0.497 e. The van der Waals surface area contributed by atoms with Crippen molar-refractivity contribution in [1.29, 1.82) is 0 Å². The number of rotatable bonds is 4. The van der Waals surface area contributed by atoms with Crippen LogP contribution in [0.4, 0.5) is 11.5 Å². The van der Waals surface area contributed by atoms with E-state index in [-0.39, 0.29) is 5.91 Å². The Hall–Kier alpha value is -3.19. The predicted octanol–water partition coefficient (Wildman–Crippen LogP) is 2.95. The maximum Gasteiger partial charge on any atom is 0.258 e. The number of methoxy groups -OCH3 is 1. The second-order valence-electron chi connectivity index (χ2n) is 7.33. The Bertz CT molecular complexity index is 1030. The highest BCUT2D eigenvalue weighted by Gasteiger charge is 2.16. The van der Waals surface area contributed by atoms with E-state index >= 15 is 0 Å². The molecule has 29 heavy (non-hydrogen) atoms. The molecule has 1 aromatic carbocycles. The quantitative estimate of drug-likeness (QED) is 0.737. The molecule has 0 atom stereocenters. The first-order valence-electron chi connectivity index (χ1n) is 9.70. The number of nitrogens with one attached hydrogen (secondary N) is 1. The molecule has 1 saturated heterocycles. The van der Waals surface area contributed by atoms with Crippen molar-refractivity contribution in [3.63, 3.8) is 0 Å². The van der Waals surface area contributed by atoms with Crippen LogP contribution in [0.2, 0.25) is 0 Å². The predicted molar refractivity (Wildman–Crippen MR) is 115 cm³/mol. The number of hydrogen-bond acceptors (Lipinski definition) is 6. The van der Waals surface area contributed by atoms with E-state index in [1.807, 2.05) is 49.5 Å². The van der Waals surface area contributed by atoms with E-state index in [0.717, 1.165) is 48.5 Å². The van der Waals surface area contributed by atoms with E-state index in [2.05, 4.69) is 32.1 Å². The summed E-state index contributed by atoms with van der Waals surface area (Å²) in [6.45, 7) is 5.88. The van der Waals surface area contributed by atoms with Crippen LogP contribution < -0.4 is 15.0 Å². The van der Waals surface area contributed by atoms with Crippen molar-refractivity contribution in [3.05, 3.63) is 53.9 Å². The van der Waals surface area contributed by atoms with Gasteiger partial charge in [0.05, 0.1) is 35.8 Å². The molecule has 2 aromatic heterocycles. The summed E-state index contributed by atoms with van der Waals surface area (Å²) in [6, 6.07) is 11.3. The van der Waals surface area contributed by atoms with E-state index in [4.69, 9.17) is 4.74 Å². The Kier molecular flexibility index (Phi) is 5.31. The summed E-state index contributed by atoms with van der Waals surface area (Å²) in [5, 5.41) is 3.77. The van der Waals surface area contributed by atoms with E-state index < -0.39 is 0 Å². The molecule has 0 unspecified atom stereocenters. The highest BCUT2D eigenvalue weighted by molar-refractivity contribution is 6.06. The second-order valence-corrected chi connectivity index (χ2v) is 7.33. The average molecular weight is 391 g/mol. The third-order valence-electron chi connectivity index (χ3n) is 5.32. The van der Waals surface area contributed by atoms with Crippen LogP contribution in [-0.2, 0) is 0 Å². The molecule has 1 aliphatic rings. The lowest BCUT2D eigenvalue weighted by molar-refractivity contribution is 0.102. The van der Waals surface area contributed by atoms with Crippen molar-refractivity contribution in [3.8, 4) is 5.75 Å². The first-order valence-corrected chi connectivity index (χ1v) is 9.70. The van der Waals surface area contributed by atoms with E-state index in [9.17, 15) is 4.79 Å². The number of anilines is 2. The molecule has 1 amide bonds. The molecule has 1 aliphatic heterocycles. The molecule has 0 saturated carbocycles. The maximum absolute atomic E-state index is 12.8. The number of aromatic nitrogens is 2. The number of carbonyl (C=O) groups excluding carboxylic acids is 1. The molecular formula is C22H25N5O2. The van der Waals surface area contributed by atoms with Crippen LogP contribution in [0.1, 0.15) is 16.1 Å². The highest BCUT2D eigenvalue weighted by Crippen LogP contribution is 2.23. The topological polar surface area (TPSA) is 70.6 Å². The maximum atomic E-state index is 12.8. The van der Waals surface area contributed by atoms with Gasteiger partial charge in [0.25, 0.3) is 5.91 Å². The Labute approximate surface area is 170 Å². The number of benzene rings is 1. The Morgan fingerprint density at radius 1 is 1.10 bits per heavy atom. The van der Waals surface area contributed by atoms with Crippen molar-refractivity contribution in [2.45, 2.75) is 6.92 Å². The van der Waals surface area contributed by atoms with Crippen LogP contribution in [0.3, 0.4) is 0 Å². The monoisotopic (exact) mass is 391 g/mol. The summed E-state index contributed by atoms with van der Waals surface area (Å²) >= 11 is 0. The van der Waals surface area contributed by atoms with Crippen LogP contribution in [0.5, 0.6) is 5.75 Å². The lowest BCUT2D eigenvalue weighted by atomic mass is 10.1. The summed E-state index contributed by atoms with van der Waals surface area (Å²) in [6.07, 6.45) is 1.82. The number of likely N-dealkylation sites (N-methyl/N-ethyl adjacent to an activating group) is 1.